The van der Waals surface area contributed by atoms with Gasteiger partial charge < -0.3 is 10.1 Å². The second kappa shape index (κ2) is 8.44. The predicted molar refractivity (Wildman–Crippen MR) is 107 cm³/mol. The Kier molecular flexibility index (Phi) is 6.24. The van der Waals surface area contributed by atoms with E-state index in [2.05, 4.69) is 30.0 Å². The van der Waals surface area contributed by atoms with Crippen LogP contribution in [-0.2, 0) is 11.2 Å². The number of carbonyl (C=O) groups excluding carboxylic acids is 1. The van der Waals surface area contributed by atoms with E-state index in [1.165, 1.54) is 12.8 Å². The van der Waals surface area contributed by atoms with Crippen LogP contribution < -0.4 is 20.9 Å². The van der Waals surface area contributed by atoms with Gasteiger partial charge in [0.1, 0.15) is 12.4 Å². The van der Waals surface area contributed by atoms with Crippen LogP contribution in [0.5, 0.6) is 5.75 Å². The van der Waals surface area contributed by atoms with E-state index in [1.54, 1.807) is 6.07 Å². The lowest BCUT2D eigenvalue weighted by Gasteiger charge is -2.35. The van der Waals surface area contributed by atoms with Crippen LogP contribution in [0.3, 0.4) is 0 Å². The van der Waals surface area contributed by atoms with Gasteiger partial charge in [0.15, 0.2) is 5.11 Å². The molecular weight excluding hydrogens is 370 g/mol. The van der Waals surface area contributed by atoms with Gasteiger partial charge in [-0.05, 0) is 60.7 Å². The highest BCUT2D eigenvalue weighted by atomic mass is 35.5. The molecule has 3 rings (SSSR count). The number of hydrogen-bond donors (Lipinski definition) is 3. The zero-order valence-corrected chi connectivity index (χ0v) is 16.8. The first kappa shape index (κ1) is 19.2. The average molecular weight is 396 g/mol. The Hall–Kier alpha value is -1.53. The van der Waals surface area contributed by atoms with Gasteiger partial charge in [0.25, 0.3) is 0 Å². The number of fused-ring (bicyclic) bond motifs is 1. The van der Waals surface area contributed by atoms with Crippen molar-refractivity contribution < 1.29 is 9.53 Å². The third kappa shape index (κ3) is 4.60. The molecule has 4 atom stereocenters. The third-order valence-corrected chi connectivity index (χ3v) is 6.08. The largest absolute Gasteiger partial charge is 0.492 e. The van der Waals surface area contributed by atoms with Crippen molar-refractivity contribution >= 4 is 34.8 Å². The van der Waals surface area contributed by atoms with Crippen LogP contribution in [0.25, 0.3) is 0 Å². The molecule has 0 radical (unpaired) electrons. The molecule has 1 amide bonds. The first-order valence-electron chi connectivity index (χ1n) is 9.21. The predicted octanol–water partition coefficient (Wildman–Crippen LogP) is 3.21. The number of ether oxygens (including phenoxy) is 1. The molecule has 3 N–H and O–H groups in total. The van der Waals surface area contributed by atoms with E-state index < -0.39 is 0 Å². The van der Waals surface area contributed by atoms with E-state index in [9.17, 15) is 4.79 Å². The average Bonchev–Trinajstić information content (AvgIpc) is 2.63. The van der Waals surface area contributed by atoms with Gasteiger partial charge in [-0.25, -0.2) is 0 Å². The molecule has 0 spiro atoms. The third-order valence-electron chi connectivity index (χ3n) is 5.62. The van der Waals surface area contributed by atoms with Crippen LogP contribution >= 0.6 is 23.8 Å². The first-order valence-corrected chi connectivity index (χ1v) is 10.00. The van der Waals surface area contributed by atoms with Crippen LogP contribution in [0.15, 0.2) is 18.2 Å². The molecule has 0 bridgehead atoms. The highest BCUT2D eigenvalue weighted by Crippen LogP contribution is 2.30. The highest BCUT2D eigenvalue weighted by Gasteiger charge is 2.28. The van der Waals surface area contributed by atoms with Crippen molar-refractivity contribution in [3.63, 3.8) is 0 Å². The number of hydrogen-bond acceptors (Lipinski definition) is 3. The molecule has 1 aromatic carbocycles. The fourth-order valence-corrected chi connectivity index (χ4v) is 4.14. The molecular formula is C19H26ClN3O2S. The Morgan fingerprint density at radius 3 is 2.88 bits per heavy atom. The molecule has 7 heteroatoms. The van der Waals surface area contributed by atoms with Crippen LogP contribution in [0, 0.1) is 17.8 Å². The Morgan fingerprint density at radius 1 is 1.27 bits per heavy atom. The molecule has 1 aliphatic heterocycles. The summed E-state index contributed by atoms with van der Waals surface area (Å²) < 4.78 is 5.67. The number of halogens is 1. The minimum atomic E-state index is -0.273. The Morgan fingerprint density at radius 2 is 2.08 bits per heavy atom. The van der Waals surface area contributed by atoms with Crippen LogP contribution in [0.2, 0.25) is 5.02 Å². The topological polar surface area (TPSA) is 62.4 Å². The summed E-state index contributed by atoms with van der Waals surface area (Å²) >= 11 is 11.4. The summed E-state index contributed by atoms with van der Waals surface area (Å²) in [6.45, 7) is 4.88. The zero-order chi connectivity index (χ0) is 18.7. The van der Waals surface area contributed by atoms with Gasteiger partial charge in [0, 0.05) is 11.1 Å². The molecule has 26 heavy (non-hydrogen) atoms. The molecule has 2 aliphatic rings. The molecule has 0 aromatic heterocycles. The van der Waals surface area contributed by atoms with Gasteiger partial charge in [0.2, 0.25) is 5.91 Å². The summed E-state index contributed by atoms with van der Waals surface area (Å²) in [4.78, 5) is 12.4. The van der Waals surface area contributed by atoms with Crippen molar-refractivity contribution in [2.24, 2.45) is 17.8 Å². The minimum Gasteiger partial charge on any atom is -0.492 e. The molecule has 1 heterocycles. The van der Waals surface area contributed by atoms with E-state index >= 15 is 0 Å². The fraction of sp³-hybridized carbons (Fsp3) is 0.579. The second-order valence-corrected chi connectivity index (χ2v) is 8.27. The normalized spacial score (nSPS) is 27.7. The van der Waals surface area contributed by atoms with Crippen molar-refractivity contribution in [1.29, 1.82) is 0 Å². The number of benzene rings is 1. The summed E-state index contributed by atoms with van der Waals surface area (Å²) in [6, 6.07) is 5.83. The second-order valence-electron chi connectivity index (χ2n) is 7.43. The lowest BCUT2D eigenvalue weighted by Crippen LogP contribution is -2.54. The molecule has 0 saturated heterocycles. The molecule has 0 unspecified atom stereocenters. The summed E-state index contributed by atoms with van der Waals surface area (Å²) in [5, 5.41) is 4.45. The fourth-order valence-electron chi connectivity index (χ4n) is 3.74. The van der Waals surface area contributed by atoms with Crippen LogP contribution in [0.1, 0.15) is 38.7 Å². The molecule has 1 saturated carbocycles. The summed E-state index contributed by atoms with van der Waals surface area (Å²) in [7, 11) is 0. The number of amides is 1. The highest BCUT2D eigenvalue weighted by molar-refractivity contribution is 7.80. The lowest BCUT2D eigenvalue weighted by atomic mass is 9.78. The summed E-state index contributed by atoms with van der Waals surface area (Å²) in [6.07, 6.45) is 4.18. The van der Waals surface area contributed by atoms with Crippen LogP contribution in [-0.4, -0.2) is 23.7 Å². The van der Waals surface area contributed by atoms with Gasteiger partial charge in [0.05, 0.1) is 5.92 Å². The van der Waals surface area contributed by atoms with E-state index in [1.807, 2.05) is 12.1 Å². The lowest BCUT2D eigenvalue weighted by molar-refractivity contribution is -0.126. The van der Waals surface area contributed by atoms with Crippen molar-refractivity contribution in [1.82, 2.24) is 16.2 Å². The van der Waals surface area contributed by atoms with E-state index in [0.29, 0.717) is 41.0 Å². The summed E-state index contributed by atoms with van der Waals surface area (Å²) in [5.41, 5.74) is 6.50. The monoisotopic (exact) mass is 395 g/mol. The SMILES string of the molecule is C[C@H]1[C@@H](NC(=S)NNC(=O)[C@H]2COc3ccc(Cl)cc3C2)CCC[C@@H]1C. The molecule has 1 aromatic rings. The molecule has 1 aliphatic carbocycles. The smallest absolute Gasteiger partial charge is 0.245 e. The van der Waals surface area contributed by atoms with Gasteiger partial charge in [-0.1, -0.05) is 38.3 Å². The van der Waals surface area contributed by atoms with Gasteiger partial charge >= 0.3 is 0 Å². The molecule has 1 fully saturated rings. The maximum absolute atomic E-state index is 12.4. The van der Waals surface area contributed by atoms with Crippen LogP contribution in [0.4, 0.5) is 0 Å². The number of hydrazine groups is 1. The number of rotatable bonds is 2. The van der Waals surface area contributed by atoms with Crippen molar-refractivity contribution in [3.8, 4) is 5.75 Å². The maximum Gasteiger partial charge on any atom is 0.245 e. The van der Waals surface area contributed by atoms with Crippen molar-refractivity contribution in [3.05, 3.63) is 28.8 Å². The van der Waals surface area contributed by atoms with Crippen molar-refractivity contribution in [2.75, 3.05) is 6.61 Å². The van der Waals surface area contributed by atoms with Crippen molar-refractivity contribution in [2.45, 2.75) is 45.6 Å². The van der Waals surface area contributed by atoms with E-state index in [0.717, 1.165) is 17.7 Å². The zero-order valence-electron chi connectivity index (χ0n) is 15.2. The minimum absolute atomic E-state index is 0.134. The molecule has 5 nitrogen and oxygen atoms in total. The van der Waals surface area contributed by atoms with Gasteiger partial charge in [-0.2, -0.15) is 0 Å². The van der Waals surface area contributed by atoms with E-state index in [-0.39, 0.29) is 11.8 Å². The maximum atomic E-state index is 12.4. The van der Waals surface area contributed by atoms with Gasteiger partial charge in [-0.3, -0.25) is 15.6 Å². The molecule has 142 valence electrons. The Labute approximate surface area is 165 Å². The summed E-state index contributed by atoms with van der Waals surface area (Å²) in [5.74, 6) is 1.64. The quantitative estimate of drug-likeness (QED) is 0.530. The Bertz CT molecular complexity index is 685. The number of nitrogens with one attached hydrogen (secondary N) is 3. The Balaban J connectivity index is 1.47. The number of carbonyl (C=O) groups is 1. The first-order chi connectivity index (χ1) is 12.4. The standard InChI is InChI=1S/C19H26ClN3O2S/c1-11-4-3-5-16(12(11)2)21-19(26)23-22-18(24)14-8-13-9-15(20)6-7-17(13)25-10-14/h6-7,9,11-12,14,16H,3-5,8,10H2,1-2H3,(H,22,24)(H2,21,23,26)/t11-,12+,14+,16-/m0/s1. The van der Waals surface area contributed by atoms with E-state index in [4.69, 9.17) is 28.6 Å². The van der Waals surface area contributed by atoms with Gasteiger partial charge in [-0.15, -0.1) is 0 Å². The number of thiocarbonyl (C=S) groups is 1.